The number of carbonyl (C=O) groups is 11. The molecular weight excluding hydrogens is 1240 g/mol. The minimum atomic E-state index is -1.69. The lowest BCUT2D eigenvalue weighted by Gasteiger charge is -2.31. The van der Waals surface area contributed by atoms with Crippen molar-refractivity contribution in [2.75, 3.05) is 19.7 Å². The van der Waals surface area contributed by atoms with Crippen molar-refractivity contribution in [2.24, 2.45) is 63.4 Å². The van der Waals surface area contributed by atoms with E-state index in [0.717, 1.165) is 0 Å². The van der Waals surface area contributed by atoms with Crippen LogP contribution in [0.4, 0.5) is 0 Å². The molecule has 15 atom stereocenters. The van der Waals surface area contributed by atoms with Crippen LogP contribution in [0.25, 0.3) is 0 Å². The summed E-state index contributed by atoms with van der Waals surface area (Å²) in [6, 6.07) is -5.54. The molecule has 0 aliphatic heterocycles. The van der Waals surface area contributed by atoms with Crippen molar-refractivity contribution in [3.8, 4) is 0 Å². The van der Waals surface area contributed by atoms with Gasteiger partial charge < -0.3 is 91.3 Å². The van der Waals surface area contributed by atoms with Crippen LogP contribution in [-0.2, 0) is 65.6 Å². The van der Waals surface area contributed by atoms with Crippen LogP contribution in [-0.4, -0.2) is 177 Å². The summed E-state index contributed by atoms with van der Waals surface area (Å²) < 4.78 is 0. The van der Waals surface area contributed by atoms with Gasteiger partial charge in [-0.3, -0.25) is 52.9 Å². The average molecular weight is 1350 g/mol. The summed E-state index contributed by atoms with van der Waals surface area (Å²) in [6.07, 6.45) is 5.47. The van der Waals surface area contributed by atoms with Crippen LogP contribution in [0.1, 0.15) is 165 Å². The van der Waals surface area contributed by atoms with Crippen molar-refractivity contribution in [3.63, 3.8) is 0 Å². The predicted molar refractivity (Wildman–Crippen MR) is 364 cm³/mol. The molecule has 0 saturated carbocycles. The van der Waals surface area contributed by atoms with Gasteiger partial charge >= 0.3 is 5.97 Å². The molecule has 1 aromatic carbocycles. The first-order valence-electron chi connectivity index (χ1n) is 33.8. The number of aliphatic hydroxyl groups is 1. The number of unbranched alkanes of at least 4 members (excludes halogenated alkanes) is 1. The number of carboxylic acid groups (broad SMARTS) is 1. The number of hydrogen-bond acceptors (Lipinski definition) is 16. The molecule has 1 aromatic heterocycles. The number of carbonyl (C=O) groups excluding carboxylic acids is 10. The van der Waals surface area contributed by atoms with Crippen LogP contribution in [0.3, 0.4) is 0 Å². The molecule has 0 spiro atoms. The lowest BCUT2D eigenvalue weighted by Crippen LogP contribution is -2.62. The third-order valence-corrected chi connectivity index (χ3v) is 17.1. The summed E-state index contributed by atoms with van der Waals surface area (Å²) in [4.78, 5) is 166. The molecule has 0 aliphatic rings. The second-order valence-electron chi connectivity index (χ2n) is 25.9. The van der Waals surface area contributed by atoms with Gasteiger partial charge in [-0.25, -0.2) is 9.78 Å². The number of aromatic nitrogens is 2. The number of amides is 10. The largest absolute Gasteiger partial charge is 0.480 e. The molecule has 1 heterocycles. The molecule has 0 saturated heterocycles. The number of aliphatic carboxylic acids is 1. The first-order valence-corrected chi connectivity index (χ1v) is 33.8. The molecule has 2 rings (SSSR count). The van der Waals surface area contributed by atoms with E-state index in [0.29, 0.717) is 62.7 Å². The molecule has 2 aromatic rings. The number of H-pyrrole nitrogens is 1. The number of nitrogens with one attached hydrogen (secondary N) is 11. The van der Waals surface area contributed by atoms with Crippen LogP contribution in [0.15, 0.2) is 47.8 Å². The minimum absolute atomic E-state index is 0.0342. The molecule has 0 unspecified atom stereocenters. The van der Waals surface area contributed by atoms with Gasteiger partial charge in [-0.15, -0.1) is 0 Å². The number of guanidine groups is 1. The minimum Gasteiger partial charge on any atom is -0.480 e. The van der Waals surface area contributed by atoms with E-state index in [1.807, 2.05) is 27.7 Å². The first-order chi connectivity index (χ1) is 45.4. The van der Waals surface area contributed by atoms with Crippen LogP contribution in [0, 0.1) is 35.5 Å². The Morgan fingerprint density at radius 1 is 0.490 bits per heavy atom. The van der Waals surface area contributed by atoms with Crippen molar-refractivity contribution in [2.45, 2.75) is 233 Å². The quantitative estimate of drug-likeness (QED) is 0.0234. The number of rotatable bonds is 46. The number of aliphatic hydroxyl groups excluding tert-OH is 1. The first kappa shape index (κ1) is 83.8. The molecule has 21 N–H and O–H groups in total. The highest BCUT2D eigenvalue weighted by molar-refractivity contribution is 5.99. The Kier molecular flexibility index (Phi) is 38.2. The summed E-state index contributed by atoms with van der Waals surface area (Å²) >= 11 is 0. The third-order valence-electron chi connectivity index (χ3n) is 17.1. The SMILES string of the molecule is CC[C@H](C)[C@H](NC(=O)[C@H](CC(C)C)NC(=O)[C@@H](NC(=O)[C@H](CCCN=C(N)N)NC(=O)[C@H](Cc1ccccc1)NC(=O)[C@@H](NC(=O)[C@@H](NC(=O)[C@@H](N)CC(C)C)[C@@H](C)CC)[C@@H](C)CC)[C@@H](C)CC)C(=O)N[C@@H](CO)C(=O)N[C@@H](Cc1cnc[nH]1)C(=O)N[C@@H](CCCCN)C(=O)O. The van der Waals surface area contributed by atoms with Crippen molar-refractivity contribution >= 4 is 71.0 Å². The van der Waals surface area contributed by atoms with E-state index in [2.05, 4.69) is 68.1 Å². The molecule has 0 aliphatic carbocycles. The normalized spacial score (nSPS) is 16.1. The molecule has 0 bridgehead atoms. The fraction of sp³-hybridized carbons (Fsp3) is 0.682. The Labute approximate surface area is 565 Å². The van der Waals surface area contributed by atoms with Crippen LogP contribution >= 0.6 is 0 Å². The van der Waals surface area contributed by atoms with Crippen LogP contribution in [0.5, 0.6) is 0 Å². The summed E-state index contributed by atoms with van der Waals surface area (Å²) in [5.41, 5.74) is 24.1. The van der Waals surface area contributed by atoms with Crippen molar-refractivity contribution < 1.29 is 63.0 Å². The molecular formula is C66H113N17O13. The van der Waals surface area contributed by atoms with Crippen molar-refractivity contribution in [3.05, 3.63) is 54.1 Å². The molecule has 0 radical (unpaired) electrons. The fourth-order valence-electron chi connectivity index (χ4n) is 10.3. The van der Waals surface area contributed by atoms with E-state index in [-0.39, 0.29) is 68.8 Å². The van der Waals surface area contributed by atoms with Gasteiger partial charge in [-0.2, -0.15) is 0 Å². The molecule has 10 amide bonds. The number of nitrogens with zero attached hydrogens (tertiary/aromatic N) is 2. The lowest BCUT2D eigenvalue weighted by atomic mass is 9.94. The van der Waals surface area contributed by atoms with Crippen LogP contribution < -0.4 is 76.1 Å². The predicted octanol–water partition coefficient (Wildman–Crippen LogP) is -0.0937. The van der Waals surface area contributed by atoms with Crippen LogP contribution in [0.2, 0.25) is 0 Å². The Morgan fingerprint density at radius 3 is 1.33 bits per heavy atom. The van der Waals surface area contributed by atoms with Gasteiger partial charge in [0.15, 0.2) is 5.96 Å². The van der Waals surface area contributed by atoms with Gasteiger partial charge in [-0.1, -0.05) is 139 Å². The number of nitrogens with two attached hydrogens (primary N) is 4. The summed E-state index contributed by atoms with van der Waals surface area (Å²) in [7, 11) is 0. The molecule has 96 heavy (non-hydrogen) atoms. The number of imidazole rings is 1. The number of hydrogen-bond donors (Lipinski definition) is 17. The Bertz CT molecular complexity index is 2810. The number of aliphatic imine (C=N–C) groups is 1. The monoisotopic (exact) mass is 1350 g/mol. The zero-order valence-electron chi connectivity index (χ0n) is 58.3. The van der Waals surface area contributed by atoms with Crippen molar-refractivity contribution in [1.29, 1.82) is 0 Å². The van der Waals surface area contributed by atoms with E-state index >= 15 is 0 Å². The zero-order valence-corrected chi connectivity index (χ0v) is 58.3. The Morgan fingerprint density at radius 2 is 0.885 bits per heavy atom. The van der Waals surface area contributed by atoms with E-state index in [4.69, 9.17) is 22.9 Å². The molecule has 30 nitrogen and oxygen atoms in total. The summed E-state index contributed by atoms with van der Waals surface area (Å²) in [6.45, 7) is 21.0. The Hall–Kier alpha value is -8.25. The van der Waals surface area contributed by atoms with E-state index in [1.165, 1.54) is 12.5 Å². The summed E-state index contributed by atoms with van der Waals surface area (Å²) in [5.74, 6) is -11.5. The maximum Gasteiger partial charge on any atom is 0.326 e. The van der Waals surface area contributed by atoms with Gasteiger partial charge in [0.2, 0.25) is 59.1 Å². The third kappa shape index (κ3) is 29.4. The second kappa shape index (κ2) is 43.7. The lowest BCUT2D eigenvalue weighted by molar-refractivity contribution is -0.142. The average Bonchev–Trinajstić information content (AvgIpc) is 1.04. The van der Waals surface area contributed by atoms with E-state index in [9.17, 15) is 63.0 Å². The Balaban J connectivity index is 2.54. The highest BCUT2D eigenvalue weighted by Gasteiger charge is 2.39. The zero-order chi connectivity index (χ0) is 72.4. The van der Waals surface area contributed by atoms with Gasteiger partial charge in [0.25, 0.3) is 0 Å². The van der Waals surface area contributed by atoms with Gasteiger partial charge in [0.1, 0.15) is 60.4 Å². The van der Waals surface area contributed by atoms with Gasteiger partial charge in [-0.05, 0) is 92.6 Å². The van der Waals surface area contributed by atoms with E-state index in [1.54, 1.807) is 85.7 Å². The standard InChI is InChI=1S/C66H113N17O13/c1-13-38(9)51(61(91)77-47(30-37(7)8)59(89)82-52(39(10)14-2)63(93)79-50(34-84)60(90)76-49(32-43-33-71-35-73-43)58(88)75-46(65(95)96)25-20-21-27-67)81-56(86)45(26-22-28-72-66(69)70)74-57(87)48(31-42-23-18-17-19-24-42)78-62(92)53(40(11)15-3)83-64(94)54(41(12)16-4)80-55(85)44(68)29-36(5)6/h17-19,23-24,33,35-41,44-54,84H,13-16,20-22,25-32,34,67-68H2,1-12H3,(H,71,73)(H,74,87)(H,75,88)(H,76,90)(H,77,91)(H,78,92)(H,79,93)(H,80,85)(H,81,86)(H,82,89)(H,83,94)(H,95,96)(H4,69,70,72)/t38-,39-,40-,41-,44-,45-,46-,47-,48-,49-,50-,51-,52-,53-,54-/m0/s1. The number of benzene rings is 1. The fourth-order valence-corrected chi connectivity index (χ4v) is 10.3. The summed E-state index contributed by atoms with van der Waals surface area (Å²) in [5, 5.41) is 47.4. The molecule has 0 fully saturated rings. The molecule has 30 heteroatoms. The van der Waals surface area contributed by atoms with Gasteiger partial charge in [0, 0.05) is 31.3 Å². The van der Waals surface area contributed by atoms with E-state index < -0.39 is 156 Å². The number of carboxylic acids is 1. The maximum absolute atomic E-state index is 14.8. The molecule has 540 valence electrons. The maximum atomic E-state index is 14.8. The smallest absolute Gasteiger partial charge is 0.326 e. The van der Waals surface area contributed by atoms with Gasteiger partial charge in [0.05, 0.1) is 19.0 Å². The topological polar surface area (TPSA) is 494 Å². The van der Waals surface area contributed by atoms with Crippen molar-refractivity contribution in [1.82, 2.24) is 63.1 Å². The highest BCUT2D eigenvalue weighted by Crippen LogP contribution is 2.18. The highest BCUT2D eigenvalue weighted by atomic mass is 16.4. The second-order valence-corrected chi connectivity index (χ2v) is 25.9. The number of aromatic amines is 1.